The topological polar surface area (TPSA) is 48.9 Å². The van der Waals surface area contributed by atoms with Crippen molar-refractivity contribution >= 4 is 11.8 Å². The number of H-pyrrole nitrogens is 1. The van der Waals surface area contributed by atoms with Gasteiger partial charge in [-0.25, -0.2) is 0 Å². The lowest BCUT2D eigenvalue weighted by Crippen LogP contribution is -2.17. The van der Waals surface area contributed by atoms with Crippen molar-refractivity contribution in [2.24, 2.45) is 0 Å². The SMILES string of the molecule is CSc1n[nH]c(-c2cc(C(C)(C)C)c(O)c(C(C)(C)C)c2)c1C. The van der Waals surface area contributed by atoms with Crippen LogP contribution >= 0.6 is 11.8 Å². The van der Waals surface area contributed by atoms with Gasteiger partial charge in [-0.15, -0.1) is 11.8 Å². The second-order valence-electron chi connectivity index (χ2n) is 8.15. The molecule has 126 valence electrons. The molecular formula is C19H28N2OS. The van der Waals surface area contributed by atoms with E-state index in [2.05, 4.69) is 70.8 Å². The third-order valence-electron chi connectivity index (χ3n) is 4.17. The minimum absolute atomic E-state index is 0.129. The average molecular weight is 333 g/mol. The van der Waals surface area contributed by atoms with Crippen molar-refractivity contribution in [3.8, 4) is 17.0 Å². The van der Waals surface area contributed by atoms with Gasteiger partial charge in [0, 0.05) is 22.3 Å². The molecule has 4 heteroatoms. The number of phenolic OH excluding ortho intramolecular Hbond substituents is 1. The predicted octanol–water partition coefficient (Wildman–Crippen LogP) is 5.41. The van der Waals surface area contributed by atoms with E-state index in [0.29, 0.717) is 5.75 Å². The van der Waals surface area contributed by atoms with Gasteiger partial charge in [-0.3, -0.25) is 5.10 Å². The third kappa shape index (κ3) is 3.42. The highest BCUT2D eigenvalue weighted by atomic mass is 32.2. The van der Waals surface area contributed by atoms with Gasteiger partial charge in [-0.05, 0) is 36.1 Å². The fourth-order valence-electron chi connectivity index (χ4n) is 2.78. The van der Waals surface area contributed by atoms with Crippen LogP contribution in [0.2, 0.25) is 0 Å². The monoisotopic (exact) mass is 332 g/mol. The number of nitrogens with one attached hydrogen (secondary N) is 1. The number of phenols is 1. The van der Waals surface area contributed by atoms with Gasteiger partial charge in [-0.1, -0.05) is 41.5 Å². The summed E-state index contributed by atoms with van der Waals surface area (Å²) in [7, 11) is 0. The summed E-state index contributed by atoms with van der Waals surface area (Å²) in [6.45, 7) is 14.9. The number of rotatable bonds is 2. The zero-order valence-electron chi connectivity index (χ0n) is 15.5. The summed E-state index contributed by atoms with van der Waals surface area (Å²) in [4.78, 5) is 0. The van der Waals surface area contributed by atoms with Crippen LogP contribution in [0.5, 0.6) is 5.75 Å². The molecule has 0 aliphatic heterocycles. The van der Waals surface area contributed by atoms with Crippen LogP contribution in [0, 0.1) is 6.92 Å². The molecule has 0 aliphatic rings. The van der Waals surface area contributed by atoms with Crippen LogP contribution < -0.4 is 0 Å². The van der Waals surface area contributed by atoms with Crippen LogP contribution in [0.1, 0.15) is 58.2 Å². The number of nitrogens with zero attached hydrogens (tertiary/aromatic N) is 1. The van der Waals surface area contributed by atoms with E-state index in [1.165, 1.54) is 0 Å². The lowest BCUT2D eigenvalue weighted by atomic mass is 9.78. The van der Waals surface area contributed by atoms with Gasteiger partial charge in [-0.2, -0.15) is 5.10 Å². The first-order chi connectivity index (χ1) is 10.5. The Balaban J connectivity index is 2.77. The molecule has 0 fully saturated rings. The smallest absolute Gasteiger partial charge is 0.123 e. The van der Waals surface area contributed by atoms with Crippen LogP contribution in [0.4, 0.5) is 0 Å². The van der Waals surface area contributed by atoms with Crippen LogP contribution in [-0.4, -0.2) is 21.6 Å². The molecule has 2 aromatic rings. The van der Waals surface area contributed by atoms with Crippen molar-refractivity contribution in [3.63, 3.8) is 0 Å². The highest BCUT2D eigenvalue weighted by molar-refractivity contribution is 7.98. The molecule has 0 aliphatic carbocycles. The van der Waals surface area contributed by atoms with Crippen molar-refractivity contribution in [2.45, 2.75) is 64.3 Å². The minimum atomic E-state index is -0.129. The first kappa shape index (κ1) is 17.9. The van der Waals surface area contributed by atoms with E-state index in [0.717, 1.165) is 33.0 Å². The summed E-state index contributed by atoms with van der Waals surface area (Å²) >= 11 is 1.64. The second-order valence-corrected chi connectivity index (χ2v) is 8.95. The van der Waals surface area contributed by atoms with E-state index in [1.807, 2.05) is 6.26 Å². The highest BCUT2D eigenvalue weighted by Gasteiger charge is 2.27. The standard InChI is InChI=1S/C19H28N2OS/c1-11-15(20-21-17(11)23-8)12-9-13(18(2,3)4)16(22)14(10-12)19(5,6)7/h9-10,22H,1-8H3,(H,20,21). The number of aromatic hydroxyl groups is 1. The molecule has 1 aromatic carbocycles. The molecule has 0 radical (unpaired) electrons. The van der Waals surface area contributed by atoms with E-state index >= 15 is 0 Å². The van der Waals surface area contributed by atoms with Gasteiger partial charge in [0.25, 0.3) is 0 Å². The minimum Gasteiger partial charge on any atom is -0.507 e. The molecular weight excluding hydrogens is 304 g/mol. The largest absolute Gasteiger partial charge is 0.507 e. The lowest BCUT2D eigenvalue weighted by molar-refractivity contribution is 0.423. The van der Waals surface area contributed by atoms with Crippen LogP contribution in [0.25, 0.3) is 11.3 Å². The molecule has 2 N–H and O–H groups in total. The Morgan fingerprint density at radius 2 is 1.48 bits per heavy atom. The Kier molecular flexibility index (Phi) is 4.60. The molecule has 1 aromatic heterocycles. The van der Waals surface area contributed by atoms with Gasteiger partial charge in [0.1, 0.15) is 10.8 Å². The lowest BCUT2D eigenvalue weighted by Gasteiger charge is -2.28. The van der Waals surface area contributed by atoms with E-state index in [4.69, 9.17) is 0 Å². The van der Waals surface area contributed by atoms with Crippen molar-refractivity contribution in [2.75, 3.05) is 6.26 Å². The number of hydrogen-bond acceptors (Lipinski definition) is 3. The Morgan fingerprint density at radius 3 is 1.83 bits per heavy atom. The number of aromatic nitrogens is 2. The Bertz CT molecular complexity index is 683. The summed E-state index contributed by atoms with van der Waals surface area (Å²) in [6, 6.07) is 4.18. The van der Waals surface area contributed by atoms with Gasteiger partial charge >= 0.3 is 0 Å². The molecule has 0 saturated heterocycles. The summed E-state index contributed by atoms with van der Waals surface area (Å²) in [6.07, 6.45) is 2.03. The second kappa shape index (κ2) is 5.90. The van der Waals surface area contributed by atoms with E-state index < -0.39 is 0 Å². The van der Waals surface area contributed by atoms with Crippen molar-refractivity contribution < 1.29 is 5.11 Å². The average Bonchev–Trinajstić information content (AvgIpc) is 2.77. The first-order valence-corrected chi connectivity index (χ1v) is 9.16. The third-order valence-corrected chi connectivity index (χ3v) is 4.96. The van der Waals surface area contributed by atoms with Gasteiger partial charge in [0.2, 0.25) is 0 Å². The maximum atomic E-state index is 10.8. The molecule has 0 saturated carbocycles. The van der Waals surface area contributed by atoms with Crippen LogP contribution in [0.3, 0.4) is 0 Å². The van der Waals surface area contributed by atoms with E-state index in [-0.39, 0.29) is 10.8 Å². The maximum absolute atomic E-state index is 10.8. The summed E-state index contributed by atoms with van der Waals surface area (Å²) in [5.41, 5.74) is 4.96. The molecule has 1 heterocycles. The molecule has 0 amide bonds. The van der Waals surface area contributed by atoms with Crippen molar-refractivity contribution in [1.82, 2.24) is 10.2 Å². The molecule has 0 bridgehead atoms. The van der Waals surface area contributed by atoms with Crippen LogP contribution in [-0.2, 0) is 10.8 Å². The first-order valence-electron chi connectivity index (χ1n) is 7.94. The number of thioether (sulfide) groups is 1. The Morgan fingerprint density at radius 1 is 1.00 bits per heavy atom. The molecule has 2 rings (SSSR count). The number of aromatic amines is 1. The Hall–Kier alpha value is -1.42. The van der Waals surface area contributed by atoms with Gasteiger partial charge in [0.05, 0.1) is 5.69 Å². The van der Waals surface area contributed by atoms with E-state index in [1.54, 1.807) is 11.8 Å². The molecule has 0 spiro atoms. The van der Waals surface area contributed by atoms with Crippen molar-refractivity contribution in [3.05, 3.63) is 28.8 Å². The van der Waals surface area contributed by atoms with Crippen LogP contribution in [0.15, 0.2) is 17.2 Å². The molecule has 0 unspecified atom stereocenters. The fourth-order valence-corrected chi connectivity index (χ4v) is 3.33. The highest BCUT2D eigenvalue weighted by Crippen LogP contribution is 2.42. The summed E-state index contributed by atoms with van der Waals surface area (Å²) in [5.74, 6) is 0.413. The normalized spacial score (nSPS) is 12.7. The summed E-state index contributed by atoms with van der Waals surface area (Å²) < 4.78 is 0. The molecule has 0 atom stereocenters. The van der Waals surface area contributed by atoms with Gasteiger partial charge in [0.15, 0.2) is 0 Å². The maximum Gasteiger partial charge on any atom is 0.123 e. The number of benzene rings is 1. The zero-order chi connectivity index (χ0) is 17.6. The Labute approximate surface area is 143 Å². The fraction of sp³-hybridized carbons (Fsp3) is 0.526. The summed E-state index contributed by atoms with van der Waals surface area (Å²) in [5, 5.41) is 19.4. The molecule has 23 heavy (non-hydrogen) atoms. The predicted molar refractivity (Wildman–Crippen MR) is 99.6 cm³/mol. The number of hydrogen-bond donors (Lipinski definition) is 2. The molecule has 3 nitrogen and oxygen atoms in total. The zero-order valence-corrected chi connectivity index (χ0v) is 16.3. The van der Waals surface area contributed by atoms with Gasteiger partial charge < -0.3 is 5.11 Å². The quantitative estimate of drug-likeness (QED) is 0.723. The van der Waals surface area contributed by atoms with Crippen molar-refractivity contribution in [1.29, 1.82) is 0 Å². The van der Waals surface area contributed by atoms with E-state index in [9.17, 15) is 5.11 Å².